The number of rotatable bonds is 2. The average molecular weight is 175 g/mol. The van der Waals surface area contributed by atoms with E-state index in [4.69, 9.17) is 0 Å². The summed E-state index contributed by atoms with van der Waals surface area (Å²) in [5.41, 5.74) is 0.882. The first kappa shape index (κ1) is 11.4. The lowest BCUT2D eigenvalue weighted by molar-refractivity contribution is 0.754. The normalized spacial score (nSPS) is 18.5. The van der Waals surface area contributed by atoms with Gasteiger partial charge in [-0.05, 0) is 41.5 Å². The summed E-state index contributed by atoms with van der Waals surface area (Å²) in [6.07, 6.45) is 1.38. The van der Waals surface area contributed by atoms with E-state index in [1.165, 1.54) is 6.16 Å². The van der Waals surface area contributed by atoms with E-state index in [0.717, 1.165) is 5.66 Å². The predicted molar refractivity (Wildman–Crippen MR) is 58.3 cm³/mol. The Morgan fingerprint density at radius 3 is 1.55 bits per heavy atom. The Balaban J connectivity index is 4.61. The summed E-state index contributed by atoms with van der Waals surface area (Å²) in [5.74, 6) is 0. The van der Waals surface area contributed by atoms with E-state index in [0.29, 0.717) is 5.16 Å². The van der Waals surface area contributed by atoms with E-state index in [9.17, 15) is 0 Å². The molecule has 0 amide bonds. The molecule has 0 fully saturated rings. The van der Waals surface area contributed by atoms with E-state index in [-0.39, 0.29) is 0 Å². The van der Waals surface area contributed by atoms with Gasteiger partial charge in [0.25, 0.3) is 0 Å². The minimum atomic E-state index is -0.706. The molecular weight excluding hydrogens is 151 g/mol. The van der Waals surface area contributed by atoms with Crippen molar-refractivity contribution < 1.29 is 0 Å². The van der Waals surface area contributed by atoms with Crippen LogP contribution >= 0.6 is 7.26 Å². The molecule has 0 radical (unpaired) electrons. The van der Waals surface area contributed by atoms with Gasteiger partial charge in [-0.1, -0.05) is 0 Å². The van der Waals surface area contributed by atoms with Crippen molar-refractivity contribution in [2.45, 2.75) is 52.4 Å². The fourth-order valence-corrected chi connectivity index (χ4v) is 4.84. The SMILES string of the molecule is CC[P+](C)(C(C)C)C(C)(C)C. The van der Waals surface area contributed by atoms with Crippen LogP contribution in [0.2, 0.25) is 0 Å². The van der Waals surface area contributed by atoms with Gasteiger partial charge in [-0.25, -0.2) is 0 Å². The molecule has 0 aliphatic carbocycles. The molecule has 0 saturated heterocycles. The molecule has 0 bridgehead atoms. The van der Waals surface area contributed by atoms with Crippen molar-refractivity contribution in [2.75, 3.05) is 12.8 Å². The third-order valence-electron chi connectivity index (χ3n) is 3.33. The largest absolute Gasteiger partial charge is 0.0715 e. The number of hydrogen-bond acceptors (Lipinski definition) is 0. The Kier molecular flexibility index (Phi) is 3.57. The van der Waals surface area contributed by atoms with E-state index in [1.807, 2.05) is 0 Å². The molecule has 0 spiro atoms. The molecule has 0 saturated carbocycles. The Bertz CT molecular complexity index is 121. The topological polar surface area (TPSA) is 0 Å². The van der Waals surface area contributed by atoms with Crippen LogP contribution in [0.4, 0.5) is 0 Å². The van der Waals surface area contributed by atoms with Crippen molar-refractivity contribution in [1.82, 2.24) is 0 Å². The lowest BCUT2D eigenvalue weighted by Crippen LogP contribution is -2.27. The summed E-state index contributed by atoms with van der Waals surface area (Å²) in [5, 5.41) is 0.538. The van der Waals surface area contributed by atoms with Crippen LogP contribution in [0.3, 0.4) is 0 Å². The minimum absolute atomic E-state index is 0.538. The fourth-order valence-electron chi connectivity index (χ4n) is 1.61. The van der Waals surface area contributed by atoms with Crippen molar-refractivity contribution in [2.24, 2.45) is 0 Å². The molecule has 1 heteroatoms. The van der Waals surface area contributed by atoms with Gasteiger partial charge in [0, 0.05) is 13.9 Å². The fraction of sp³-hybridized carbons (Fsp3) is 1.00. The molecule has 1 unspecified atom stereocenters. The maximum absolute atomic E-state index is 2.51. The molecule has 0 rings (SSSR count). The van der Waals surface area contributed by atoms with Gasteiger partial charge in [0.1, 0.15) is 0 Å². The molecule has 68 valence electrons. The summed E-state index contributed by atoms with van der Waals surface area (Å²) in [6.45, 7) is 16.8. The van der Waals surface area contributed by atoms with Crippen LogP contribution in [-0.2, 0) is 0 Å². The molecule has 11 heavy (non-hydrogen) atoms. The molecule has 0 N–H and O–H groups in total. The monoisotopic (exact) mass is 175 g/mol. The second-order valence-electron chi connectivity index (χ2n) is 4.85. The van der Waals surface area contributed by atoms with E-state index < -0.39 is 7.26 Å². The zero-order chi connectivity index (χ0) is 9.28. The molecule has 0 nitrogen and oxygen atoms in total. The van der Waals surface area contributed by atoms with Crippen LogP contribution in [0.15, 0.2) is 0 Å². The highest BCUT2D eigenvalue weighted by atomic mass is 31.2. The van der Waals surface area contributed by atoms with Crippen LogP contribution in [0, 0.1) is 0 Å². The molecule has 0 heterocycles. The molecule has 0 aliphatic rings. The zero-order valence-corrected chi connectivity index (χ0v) is 10.1. The quantitative estimate of drug-likeness (QED) is 0.559. The molecule has 1 atom stereocenters. The van der Waals surface area contributed by atoms with Gasteiger partial charge in [-0.2, -0.15) is 0 Å². The third-order valence-corrected chi connectivity index (χ3v) is 9.99. The van der Waals surface area contributed by atoms with Crippen LogP contribution < -0.4 is 0 Å². The summed E-state index contributed by atoms with van der Waals surface area (Å²) < 4.78 is 0. The first-order valence-electron chi connectivity index (χ1n) is 4.61. The van der Waals surface area contributed by atoms with Gasteiger partial charge >= 0.3 is 0 Å². The lowest BCUT2D eigenvalue weighted by atomic mass is 10.3. The Labute approximate surface area is 73.1 Å². The molecule has 0 aliphatic heterocycles. The standard InChI is InChI=1S/C10H24P/c1-8-11(7,9(2)3)10(4,5)6/h9H,8H2,1-7H3/q+1. The maximum atomic E-state index is 2.51. The predicted octanol–water partition coefficient (Wildman–Crippen LogP) is 3.86. The smallest absolute Gasteiger partial charge is 0.0311 e. The van der Waals surface area contributed by atoms with Gasteiger partial charge in [-0.15, -0.1) is 0 Å². The number of hydrogen-bond donors (Lipinski definition) is 0. The summed E-state index contributed by atoms with van der Waals surface area (Å²) in [6, 6.07) is 0. The Morgan fingerprint density at radius 2 is 1.55 bits per heavy atom. The highest BCUT2D eigenvalue weighted by molar-refractivity contribution is 7.77. The molecular formula is C10H24P+. The van der Waals surface area contributed by atoms with Crippen molar-refractivity contribution >= 4 is 7.26 Å². The summed E-state index contributed by atoms with van der Waals surface area (Å²) >= 11 is 0. The Morgan fingerprint density at radius 1 is 1.18 bits per heavy atom. The summed E-state index contributed by atoms with van der Waals surface area (Å²) in [4.78, 5) is 0. The van der Waals surface area contributed by atoms with Gasteiger partial charge in [-0.3, -0.25) is 0 Å². The molecule has 0 aromatic heterocycles. The van der Waals surface area contributed by atoms with Crippen LogP contribution in [0.1, 0.15) is 41.5 Å². The van der Waals surface area contributed by atoms with Crippen molar-refractivity contribution in [3.05, 3.63) is 0 Å². The third kappa shape index (κ3) is 2.18. The van der Waals surface area contributed by atoms with Gasteiger partial charge in [0.05, 0.1) is 17.0 Å². The maximum Gasteiger partial charge on any atom is 0.0715 e. The van der Waals surface area contributed by atoms with Gasteiger partial charge in [0.2, 0.25) is 0 Å². The zero-order valence-electron chi connectivity index (χ0n) is 9.23. The molecule has 0 aromatic carbocycles. The van der Waals surface area contributed by atoms with E-state index in [2.05, 4.69) is 48.2 Å². The lowest BCUT2D eigenvalue weighted by Gasteiger charge is -2.37. The second kappa shape index (κ2) is 3.44. The van der Waals surface area contributed by atoms with E-state index >= 15 is 0 Å². The minimum Gasteiger partial charge on any atom is -0.0311 e. The van der Waals surface area contributed by atoms with Crippen molar-refractivity contribution in [3.8, 4) is 0 Å². The van der Waals surface area contributed by atoms with Gasteiger partial charge < -0.3 is 0 Å². The Hall–Kier alpha value is 0.430. The first-order chi connectivity index (χ1) is 4.75. The van der Waals surface area contributed by atoms with Crippen LogP contribution in [0.25, 0.3) is 0 Å². The van der Waals surface area contributed by atoms with Crippen LogP contribution in [0.5, 0.6) is 0 Å². The highest BCUT2D eigenvalue weighted by Gasteiger charge is 2.45. The summed E-state index contributed by atoms with van der Waals surface area (Å²) in [7, 11) is -0.706. The van der Waals surface area contributed by atoms with Crippen molar-refractivity contribution in [1.29, 1.82) is 0 Å². The van der Waals surface area contributed by atoms with E-state index in [1.54, 1.807) is 0 Å². The average Bonchev–Trinajstić information content (AvgIpc) is 1.83. The first-order valence-corrected chi connectivity index (χ1v) is 7.10. The second-order valence-corrected chi connectivity index (χ2v) is 10.4. The van der Waals surface area contributed by atoms with Crippen LogP contribution in [-0.4, -0.2) is 23.6 Å². The highest BCUT2D eigenvalue weighted by Crippen LogP contribution is 2.68. The molecule has 0 aromatic rings. The van der Waals surface area contributed by atoms with Crippen molar-refractivity contribution in [3.63, 3.8) is 0 Å². The van der Waals surface area contributed by atoms with Gasteiger partial charge in [0.15, 0.2) is 0 Å².